The number of hydrogen-bond acceptors (Lipinski definition) is 4. The third-order valence-corrected chi connectivity index (χ3v) is 2.38. The summed E-state index contributed by atoms with van der Waals surface area (Å²) in [5, 5.41) is 5.33. The van der Waals surface area contributed by atoms with Gasteiger partial charge in [-0.2, -0.15) is 13.2 Å². The van der Waals surface area contributed by atoms with Crippen molar-refractivity contribution in [1.29, 1.82) is 0 Å². The van der Waals surface area contributed by atoms with Crippen molar-refractivity contribution in [2.75, 3.05) is 0 Å². The largest absolute Gasteiger partial charge is 0.451 e. The summed E-state index contributed by atoms with van der Waals surface area (Å²) < 4.78 is 37.2. The van der Waals surface area contributed by atoms with Gasteiger partial charge in [0.2, 0.25) is 11.6 Å². The summed E-state index contributed by atoms with van der Waals surface area (Å²) in [5.41, 5.74) is 0.469. The second-order valence-corrected chi connectivity index (χ2v) is 5.02. The van der Waals surface area contributed by atoms with Gasteiger partial charge < -0.3 is 0 Å². The molecule has 0 spiro atoms. The number of nitrogens with one attached hydrogen (secondary N) is 1. The molecule has 0 fully saturated rings. The van der Waals surface area contributed by atoms with Crippen molar-refractivity contribution in [3.05, 3.63) is 23.8 Å². The van der Waals surface area contributed by atoms with Crippen molar-refractivity contribution >= 4 is 0 Å². The van der Waals surface area contributed by atoms with E-state index in [0.717, 1.165) is 0 Å². The molecule has 0 radical (unpaired) electrons. The predicted molar refractivity (Wildman–Crippen MR) is 61.1 cm³/mol. The molecule has 0 atom stereocenters. The molecule has 0 aliphatic carbocycles. The zero-order valence-electron chi connectivity index (χ0n) is 10.6. The lowest BCUT2D eigenvalue weighted by molar-refractivity contribution is -0.144. The summed E-state index contributed by atoms with van der Waals surface area (Å²) in [4.78, 5) is 11.4. The van der Waals surface area contributed by atoms with E-state index in [1.165, 1.54) is 6.20 Å². The van der Waals surface area contributed by atoms with E-state index in [0.29, 0.717) is 5.69 Å². The fraction of sp³-hybridized carbons (Fsp3) is 0.455. The third-order valence-electron chi connectivity index (χ3n) is 2.38. The molecule has 5 nitrogen and oxygen atoms in total. The maximum atomic E-state index is 12.4. The van der Waals surface area contributed by atoms with Crippen LogP contribution in [-0.4, -0.2) is 25.1 Å². The minimum absolute atomic E-state index is 0.0687. The summed E-state index contributed by atoms with van der Waals surface area (Å²) in [6.07, 6.45) is -3.08. The van der Waals surface area contributed by atoms with Crippen LogP contribution < -0.4 is 0 Å². The van der Waals surface area contributed by atoms with Gasteiger partial charge in [-0.25, -0.2) is 15.0 Å². The van der Waals surface area contributed by atoms with Gasteiger partial charge in [-0.05, 0) is 6.07 Å². The van der Waals surface area contributed by atoms with Gasteiger partial charge in [0.25, 0.3) is 0 Å². The molecule has 0 saturated carbocycles. The minimum atomic E-state index is -4.56. The average molecular weight is 271 g/mol. The summed E-state index contributed by atoms with van der Waals surface area (Å²) in [6, 6.07) is 1.71. The Morgan fingerprint density at radius 1 is 1.05 bits per heavy atom. The standard InChI is InChI=1S/C11H12F3N5/c1-10(2,3)6-4-5-15-7(16-6)8-17-9(19-18-8)11(12,13)14/h4-5H,1-3H3,(H,17,18,19). The Balaban J connectivity index is 2.40. The Morgan fingerprint density at radius 3 is 2.26 bits per heavy atom. The topological polar surface area (TPSA) is 67.3 Å². The van der Waals surface area contributed by atoms with Gasteiger partial charge >= 0.3 is 6.18 Å². The van der Waals surface area contributed by atoms with Gasteiger partial charge in [0.05, 0.1) is 0 Å². The Bertz CT molecular complexity index is 583. The first-order valence-corrected chi connectivity index (χ1v) is 5.51. The molecule has 0 aliphatic heterocycles. The number of aromatic nitrogens is 5. The zero-order chi connectivity index (χ0) is 14.3. The molecule has 0 bridgehead atoms. The summed E-state index contributed by atoms with van der Waals surface area (Å²) in [7, 11) is 0. The highest BCUT2D eigenvalue weighted by Crippen LogP contribution is 2.27. The average Bonchev–Trinajstić information content (AvgIpc) is 2.77. The summed E-state index contributed by atoms with van der Waals surface area (Å²) in [5.74, 6) is -1.26. The third kappa shape index (κ3) is 2.88. The van der Waals surface area contributed by atoms with E-state index in [2.05, 4.69) is 20.1 Å². The first-order chi connectivity index (χ1) is 8.68. The van der Waals surface area contributed by atoms with E-state index < -0.39 is 12.0 Å². The van der Waals surface area contributed by atoms with E-state index in [9.17, 15) is 13.2 Å². The van der Waals surface area contributed by atoms with E-state index in [1.54, 1.807) is 6.07 Å². The van der Waals surface area contributed by atoms with Crippen molar-refractivity contribution in [2.45, 2.75) is 32.4 Å². The highest BCUT2D eigenvalue weighted by atomic mass is 19.4. The van der Waals surface area contributed by atoms with Crippen molar-refractivity contribution < 1.29 is 13.2 Å². The van der Waals surface area contributed by atoms with Crippen molar-refractivity contribution in [2.24, 2.45) is 0 Å². The van der Waals surface area contributed by atoms with Gasteiger partial charge in [-0.3, -0.25) is 5.10 Å². The molecule has 1 N–H and O–H groups in total. The molecule has 0 saturated heterocycles. The smallest absolute Gasteiger partial charge is 0.255 e. The van der Waals surface area contributed by atoms with Crippen LogP contribution in [0.5, 0.6) is 0 Å². The molecule has 2 rings (SSSR count). The van der Waals surface area contributed by atoms with Crippen LogP contribution in [0.2, 0.25) is 0 Å². The lowest BCUT2D eigenvalue weighted by Crippen LogP contribution is -2.14. The van der Waals surface area contributed by atoms with Crippen molar-refractivity contribution in [3.63, 3.8) is 0 Å². The van der Waals surface area contributed by atoms with Crippen LogP contribution >= 0.6 is 0 Å². The molecule has 102 valence electrons. The van der Waals surface area contributed by atoms with Crippen molar-refractivity contribution in [3.8, 4) is 11.6 Å². The van der Waals surface area contributed by atoms with Crippen LogP contribution in [0, 0.1) is 0 Å². The lowest BCUT2D eigenvalue weighted by Gasteiger charge is -2.17. The quantitative estimate of drug-likeness (QED) is 0.865. The molecule has 0 aliphatic rings. The molecule has 2 aromatic heterocycles. The monoisotopic (exact) mass is 271 g/mol. The molecule has 0 amide bonds. The number of alkyl halides is 3. The normalized spacial score (nSPS) is 12.7. The SMILES string of the molecule is CC(C)(C)c1ccnc(-c2n[nH]c(C(F)(F)F)n2)n1. The Kier molecular flexibility index (Phi) is 3.03. The second kappa shape index (κ2) is 4.29. The first kappa shape index (κ1) is 13.4. The van der Waals surface area contributed by atoms with Gasteiger partial charge in [-0.15, -0.1) is 5.10 Å². The summed E-state index contributed by atoms with van der Waals surface area (Å²) in [6.45, 7) is 5.83. The molecule has 19 heavy (non-hydrogen) atoms. The van der Waals surface area contributed by atoms with Crippen LogP contribution in [0.15, 0.2) is 12.3 Å². The van der Waals surface area contributed by atoms with Crippen LogP contribution in [-0.2, 0) is 11.6 Å². The molecular formula is C11H12F3N5. The van der Waals surface area contributed by atoms with Crippen LogP contribution in [0.3, 0.4) is 0 Å². The number of halogens is 3. The van der Waals surface area contributed by atoms with Crippen LogP contribution in [0.1, 0.15) is 32.3 Å². The first-order valence-electron chi connectivity index (χ1n) is 5.51. The highest BCUT2D eigenvalue weighted by Gasteiger charge is 2.35. The lowest BCUT2D eigenvalue weighted by atomic mass is 9.92. The maximum Gasteiger partial charge on any atom is 0.451 e. The fourth-order valence-electron chi connectivity index (χ4n) is 1.37. The van der Waals surface area contributed by atoms with Gasteiger partial charge in [0, 0.05) is 17.3 Å². The van der Waals surface area contributed by atoms with E-state index in [1.807, 2.05) is 25.9 Å². The number of rotatable bonds is 1. The molecule has 2 aromatic rings. The highest BCUT2D eigenvalue weighted by molar-refractivity contribution is 5.42. The minimum Gasteiger partial charge on any atom is -0.255 e. The fourth-order valence-corrected chi connectivity index (χ4v) is 1.37. The van der Waals surface area contributed by atoms with Gasteiger partial charge in [0.1, 0.15) is 0 Å². The number of nitrogens with zero attached hydrogens (tertiary/aromatic N) is 4. The van der Waals surface area contributed by atoms with Gasteiger partial charge in [-0.1, -0.05) is 20.8 Å². The number of hydrogen-bond donors (Lipinski definition) is 1. The maximum absolute atomic E-state index is 12.4. The molecule has 0 aromatic carbocycles. The zero-order valence-corrected chi connectivity index (χ0v) is 10.6. The second-order valence-electron chi connectivity index (χ2n) is 5.02. The molecule has 2 heterocycles. The van der Waals surface area contributed by atoms with E-state index in [4.69, 9.17) is 0 Å². The van der Waals surface area contributed by atoms with E-state index in [-0.39, 0.29) is 17.1 Å². The van der Waals surface area contributed by atoms with Crippen LogP contribution in [0.25, 0.3) is 11.6 Å². The molecular weight excluding hydrogens is 259 g/mol. The molecule has 0 unspecified atom stereocenters. The Hall–Kier alpha value is -1.99. The van der Waals surface area contributed by atoms with Gasteiger partial charge in [0.15, 0.2) is 5.82 Å². The summed E-state index contributed by atoms with van der Waals surface area (Å²) >= 11 is 0. The predicted octanol–water partition coefficient (Wildman–Crippen LogP) is 2.58. The number of H-pyrrole nitrogens is 1. The Morgan fingerprint density at radius 2 is 1.74 bits per heavy atom. The van der Waals surface area contributed by atoms with E-state index >= 15 is 0 Å². The number of aromatic amines is 1. The van der Waals surface area contributed by atoms with Crippen molar-refractivity contribution in [1.82, 2.24) is 25.1 Å². The Labute approximate surface area is 107 Å². The van der Waals surface area contributed by atoms with Crippen LogP contribution in [0.4, 0.5) is 13.2 Å². The molecule has 8 heteroatoms.